The summed E-state index contributed by atoms with van der Waals surface area (Å²) in [5.41, 5.74) is 0. The molecule has 6 heteroatoms. The van der Waals surface area contributed by atoms with E-state index in [9.17, 15) is 0 Å². The first kappa shape index (κ1) is 19.6. The van der Waals surface area contributed by atoms with E-state index in [0.29, 0.717) is 17.6 Å². The van der Waals surface area contributed by atoms with E-state index in [1.54, 1.807) is 7.05 Å². The first-order chi connectivity index (χ1) is 12.1. The predicted octanol–water partition coefficient (Wildman–Crippen LogP) is 2.92. The molecule has 1 aromatic carbocycles. The highest BCUT2D eigenvalue weighted by molar-refractivity contribution is 6.30. The van der Waals surface area contributed by atoms with E-state index in [0.717, 1.165) is 44.2 Å². The van der Waals surface area contributed by atoms with Gasteiger partial charge in [-0.25, -0.2) is 0 Å². The first-order valence-electron chi connectivity index (χ1n) is 8.83. The van der Waals surface area contributed by atoms with Gasteiger partial charge in [-0.15, -0.1) is 6.58 Å². The molecular weight excluding hydrogens is 336 g/mol. The highest BCUT2D eigenvalue weighted by Gasteiger charge is 2.19. The van der Waals surface area contributed by atoms with Gasteiger partial charge in [0.15, 0.2) is 5.96 Å². The summed E-state index contributed by atoms with van der Waals surface area (Å²) in [7, 11) is 1.80. The molecule has 1 heterocycles. The molecule has 1 aliphatic heterocycles. The zero-order chi connectivity index (χ0) is 18.1. The molecular formula is C19H29ClN4O. The smallest absolute Gasteiger partial charge is 0.191 e. The minimum absolute atomic E-state index is 0.00598. The molecule has 5 nitrogen and oxygen atoms in total. The van der Waals surface area contributed by atoms with Crippen LogP contribution in [0.25, 0.3) is 0 Å². The zero-order valence-electron chi connectivity index (χ0n) is 15.2. The second kappa shape index (κ2) is 10.3. The van der Waals surface area contributed by atoms with Crippen LogP contribution in [-0.2, 0) is 0 Å². The average molecular weight is 365 g/mol. The van der Waals surface area contributed by atoms with Crippen LogP contribution in [0.15, 0.2) is 41.9 Å². The molecule has 138 valence electrons. The van der Waals surface area contributed by atoms with Crippen LogP contribution in [0.2, 0.25) is 5.02 Å². The molecule has 1 unspecified atom stereocenters. The Labute approximate surface area is 156 Å². The van der Waals surface area contributed by atoms with Gasteiger partial charge >= 0.3 is 0 Å². The molecule has 0 aliphatic carbocycles. The molecule has 0 spiro atoms. The monoisotopic (exact) mass is 364 g/mol. The van der Waals surface area contributed by atoms with Crippen molar-refractivity contribution in [2.24, 2.45) is 4.99 Å². The van der Waals surface area contributed by atoms with Crippen molar-refractivity contribution >= 4 is 17.6 Å². The van der Waals surface area contributed by atoms with Gasteiger partial charge in [-0.1, -0.05) is 23.7 Å². The number of hydrogen-bond acceptors (Lipinski definition) is 3. The maximum Gasteiger partial charge on any atom is 0.191 e. The minimum atomic E-state index is 0.00598. The topological polar surface area (TPSA) is 48.9 Å². The lowest BCUT2D eigenvalue weighted by Crippen LogP contribution is -2.50. The fourth-order valence-corrected chi connectivity index (χ4v) is 3.07. The SMILES string of the molecule is C=CCN1CCC(NC(=NC)NCC(C)Oc2cccc(Cl)c2)CC1. The van der Waals surface area contributed by atoms with Gasteiger partial charge in [0.2, 0.25) is 0 Å². The molecule has 2 rings (SSSR count). The summed E-state index contributed by atoms with van der Waals surface area (Å²) < 4.78 is 5.88. The summed E-state index contributed by atoms with van der Waals surface area (Å²) in [6.07, 6.45) is 4.20. The summed E-state index contributed by atoms with van der Waals surface area (Å²) in [6, 6.07) is 7.91. The highest BCUT2D eigenvalue weighted by Crippen LogP contribution is 2.18. The number of likely N-dealkylation sites (tertiary alicyclic amines) is 1. The number of aliphatic imine (C=N–C) groups is 1. The van der Waals surface area contributed by atoms with Gasteiger partial charge in [0.05, 0.1) is 6.54 Å². The van der Waals surface area contributed by atoms with Crippen molar-refractivity contribution in [1.82, 2.24) is 15.5 Å². The zero-order valence-corrected chi connectivity index (χ0v) is 15.9. The fourth-order valence-electron chi connectivity index (χ4n) is 2.89. The lowest BCUT2D eigenvalue weighted by atomic mass is 10.1. The highest BCUT2D eigenvalue weighted by atomic mass is 35.5. The third kappa shape index (κ3) is 6.96. The first-order valence-corrected chi connectivity index (χ1v) is 9.21. The Balaban J connectivity index is 1.72. The molecule has 1 aromatic rings. The maximum absolute atomic E-state index is 5.98. The van der Waals surface area contributed by atoms with Crippen molar-refractivity contribution < 1.29 is 4.74 Å². The van der Waals surface area contributed by atoms with E-state index in [2.05, 4.69) is 27.1 Å². The number of hydrogen-bond donors (Lipinski definition) is 2. The Morgan fingerprint density at radius 1 is 1.48 bits per heavy atom. The number of guanidine groups is 1. The van der Waals surface area contributed by atoms with Gasteiger partial charge in [0.25, 0.3) is 0 Å². The van der Waals surface area contributed by atoms with Gasteiger partial charge < -0.3 is 15.4 Å². The Kier molecular flexibility index (Phi) is 8.09. The van der Waals surface area contributed by atoms with E-state index in [-0.39, 0.29) is 6.10 Å². The number of halogens is 1. The molecule has 0 bridgehead atoms. The molecule has 2 N–H and O–H groups in total. The fraction of sp³-hybridized carbons (Fsp3) is 0.526. The van der Waals surface area contributed by atoms with E-state index >= 15 is 0 Å². The largest absolute Gasteiger partial charge is 0.489 e. The summed E-state index contributed by atoms with van der Waals surface area (Å²) in [4.78, 5) is 6.74. The van der Waals surface area contributed by atoms with Crippen LogP contribution in [0.3, 0.4) is 0 Å². The Hall–Kier alpha value is -1.72. The number of piperidine rings is 1. The second-order valence-electron chi connectivity index (χ2n) is 6.35. The number of nitrogens with one attached hydrogen (secondary N) is 2. The summed E-state index contributed by atoms with van der Waals surface area (Å²) in [6.45, 7) is 9.65. The average Bonchev–Trinajstić information content (AvgIpc) is 2.60. The normalized spacial score (nSPS) is 17.8. The number of rotatable bonds is 7. The van der Waals surface area contributed by atoms with Gasteiger partial charge in [-0.05, 0) is 38.0 Å². The standard InChI is InChI=1S/C19H29ClN4O/c1-4-10-24-11-8-17(9-12-24)23-19(21-3)22-14-15(2)25-18-7-5-6-16(20)13-18/h4-7,13,15,17H,1,8-12,14H2,2-3H3,(H2,21,22,23). The van der Waals surface area contributed by atoms with Gasteiger partial charge in [-0.3, -0.25) is 9.89 Å². The van der Waals surface area contributed by atoms with Gasteiger partial charge in [-0.2, -0.15) is 0 Å². The summed E-state index contributed by atoms with van der Waals surface area (Å²) in [5, 5.41) is 7.52. The molecule has 25 heavy (non-hydrogen) atoms. The summed E-state index contributed by atoms with van der Waals surface area (Å²) in [5.74, 6) is 1.60. The van der Waals surface area contributed by atoms with Crippen LogP contribution < -0.4 is 15.4 Å². The van der Waals surface area contributed by atoms with Crippen LogP contribution in [0.5, 0.6) is 5.75 Å². The van der Waals surface area contributed by atoms with Crippen LogP contribution in [-0.4, -0.2) is 56.2 Å². The summed E-state index contributed by atoms with van der Waals surface area (Å²) >= 11 is 5.98. The minimum Gasteiger partial charge on any atom is -0.489 e. The molecule has 0 radical (unpaired) electrons. The Bertz CT molecular complexity index is 570. The molecule has 1 atom stereocenters. The van der Waals surface area contributed by atoms with E-state index < -0.39 is 0 Å². The second-order valence-corrected chi connectivity index (χ2v) is 6.78. The lowest BCUT2D eigenvalue weighted by Gasteiger charge is -2.32. The van der Waals surface area contributed by atoms with Crippen molar-refractivity contribution in [2.45, 2.75) is 31.9 Å². The molecule has 1 fully saturated rings. The number of benzene rings is 1. The van der Waals surface area contributed by atoms with Crippen molar-refractivity contribution in [3.8, 4) is 5.75 Å². The van der Waals surface area contributed by atoms with Crippen molar-refractivity contribution in [3.63, 3.8) is 0 Å². The van der Waals surface area contributed by atoms with Crippen LogP contribution >= 0.6 is 11.6 Å². The Morgan fingerprint density at radius 2 is 2.24 bits per heavy atom. The molecule has 0 amide bonds. The van der Waals surface area contributed by atoms with Gasteiger partial charge in [0.1, 0.15) is 11.9 Å². The van der Waals surface area contributed by atoms with E-state index in [4.69, 9.17) is 16.3 Å². The van der Waals surface area contributed by atoms with Crippen LogP contribution in [0, 0.1) is 0 Å². The van der Waals surface area contributed by atoms with Crippen molar-refractivity contribution in [3.05, 3.63) is 41.9 Å². The lowest BCUT2D eigenvalue weighted by molar-refractivity contribution is 0.219. The van der Waals surface area contributed by atoms with E-state index in [1.165, 1.54) is 0 Å². The van der Waals surface area contributed by atoms with Gasteiger partial charge in [0, 0.05) is 37.7 Å². The number of nitrogens with zero attached hydrogens (tertiary/aromatic N) is 2. The third-order valence-electron chi connectivity index (χ3n) is 4.23. The predicted molar refractivity (Wildman–Crippen MR) is 106 cm³/mol. The third-order valence-corrected chi connectivity index (χ3v) is 4.46. The van der Waals surface area contributed by atoms with Crippen molar-refractivity contribution in [2.75, 3.05) is 33.2 Å². The quantitative estimate of drug-likeness (QED) is 0.443. The molecule has 1 saturated heterocycles. The maximum atomic E-state index is 5.98. The molecule has 0 aromatic heterocycles. The van der Waals surface area contributed by atoms with Crippen LogP contribution in [0.1, 0.15) is 19.8 Å². The number of ether oxygens (including phenoxy) is 1. The van der Waals surface area contributed by atoms with Crippen molar-refractivity contribution in [1.29, 1.82) is 0 Å². The molecule has 0 saturated carbocycles. The van der Waals surface area contributed by atoms with E-state index in [1.807, 2.05) is 37.3 Å². The molecule has 1 aliphatic rings. The van der Waals surface area contributed by atoms with Crippen LogP contribution in [0.4, 0.5) is 0 Å². The Morgan fingerprint density at radius 3 is 2.88 bits per heavy atom.